The monoisotopic (exact) mass is 223 g/mol. The number of hydrogen-bond acceptors (Lipinski definition) is 2. The number of carbonyl (C=O) groups excluding carboxylic acids is 1. The van der Waals surface area contributed by atoms with Gasteiger partial charge in [-0.2, -0.15) is 0 Å². The SMILES string of the molecule is CC(=O)[O-].C[N+](C)(C)CCc1ccccc1. The second kappa shape index (κ2) is 7.01. The number of nitrogens with zero attached hydrogens (tertiary/aromatic N) is 1. The van der Waals surface area contributed by atoms with Gasteiger partial charge in [-0.25, -0.2) is 0 Å². The number of carboxylic acids is 1. The van der Waals surface area contributed by atoms with E-state index in [0.29, 0.717) is 0 Å². The molecule has 1 aromatic rings. The van der Waals surface area contributed by atoms with E-state index in [-0.39, 0.29) is 0 Å². The Kier molecular flexibility index (Phi) is 6.42. The number of quaternary nitrogens is 1. The minimum Gasteiger partial charge on any atom is -0.550 e. The molecule has 0 heterocycles. The first-order valence-corrected chi connectivity index (χ1v) is 5.33. The number of rotatable bonds is 3. The number of hydrogen-bond donors (Lipinski definition) is 0. The highest BCUT2D eigenvalue weighted by Gasteiger charge is 2.05. The summed E-state index contributed by atoms with van der Waals surface area (Å²) in [6, 6.07) is 10.6. The molecule has 90 valence electrons. The van der Waals surface area contributed by atoms with Gasteiger partial charge in [0.05, 0.1) is 27.7 Å². The van der Waals surface area contributed by atoms with Gasteiger partial charge in [0.25, 0.3) is 0 Å². The zero-order chi connectivity index (χ0) is 12.6. The molecule has 0 aliphatic rings. The first-order valence-electron chi connectivity index (χ1n) is 5.33. The lowest BCUT2D eigenvalue weighted by atomic mass is 10.1. The fourth-order valence-corrected chi connectivity index (χ4v) is 1.11. The van der Waals surface area contributed by atoms with Crippen LogP contribution in [-0.4, -0.2) is 38.1 Å². The van der Waals surface area contributed by atoms with Crippen molar-refractivity contribution in [1.82, 2.24) is 0 Å². The Balaban J connectivity index is 0.000000487. The molecule has 3 heteroatoms. The van der Waals surface area contributed by atoms with Crippen molar-refractivity contribution < 1.29 is 14.4 Å². The van der Waals surface area contributed by atoms with Crippen molar-refractivity contribution in [2.45, 2.75) is 13.3 Å². The van der Waals surface area contributed by atoms with Crippen LogP contribution in [0, 0.1) is 0 Å². The van der Waals surface area contributed by atoms with Crippen LogP contribution in [0.15, 0.2) is 30.3 Å². The average Bonchev–Trinajstić information content (AvgIpc) is 2.14. The maximum atomic E-state index is 8.89. The van der Waals surface area contributed by atoms with E-state index in [9.17, 15) is 0 Å². The highest BCUT2D eigenvalue weighted by atomic mass is 16.4. The Labute approximate surface area is 97.9 Å². The fraction of sp³-hybridized carbons (Fsp3) is 0.462. The standard InChI is InChI=1S/C11H18N.C2H4O2/c1-12(2,3)10-9-11-7-5-4-6-8-11;1-2(3)4/h4-8H,9-10H2,1-3H3;1H3,(H,3,4)/q+1;/p-1. The second-order valence-electron chi connectivity index (χ2n) is 4.74. The van der Waals surface area contributed by atoms with Crippen LogP contribution in [0.1, 0.15) is 12.5 Å². The minimum absolute atomic E-state index is 0.972. The molecule has 1 aromatic carbocycles. The number of carbonyl (C=O) groups is 1. The van der Waals surface area contributed by atoms with Crippen LogP contribution in [0.25, 0.3) is 0 Å². The second-order valence-corrected chi connectivity index (χ2v) is 4.74. The van der Waals surface area contributed by atoms with Crippen LogP contribution < -0.4 is 5.11 Å². The highest BCUT2D eigenvalue weighted by molar-refractivity contribution is 5.60. The number of carboxylic acid groups (broad SMARTS) is 1. The van der Waals surface area contributed by atoms with E-state index in [1.165, 1.54) is 18.5 Å². The minimum atomic E-state index is -1.08. The summed E-state index contributed by atoms with van der Waals surface area (Å²) in [4.78, 5) is 8.89. The van der Waals surface area contributed by atoms with E-state index >= 15 is 0 Å². The quantitative estimate of drug-likeness (QED) is 0.707. The van der Waals surface area contributed by atoms with Gasteiger partial charge in [-0.15, -0.1) is 0 Å². The van der Waals surface area contributed by atoms with Gasteiger partial charge in [0, 0.05) is 12.4 Å². The van der Waals surface area contributed by atoms with Crippen molar-refractivity contribution in [3.63, 3.8) is 0 Å². The molecule has 0 N–H and O–H groups in total. The average molecular weight is 223 g/mol. The van der Waals surface area contributed by atoms with Gasteiger partial charge in [0.1, 0.15) is 0 Å². The molecule has 16 heavy (non-hydrogen) atoms. The fourth-order valence-electron chi connectivity index (χ4n) is 1.11. The molecule has 3 nitrogen and oxygen atoms in total. The molecule has 0 atom stereocenters. The van der Waals surface area contributed by atoms with E-state index in [2.05, 4.69) is 51.5 Å². The molecule has 0 unspecified atom stereocenters. The van der Waals surface area contributed by atoms with E-state index in [1.54, 1.807) is 0 Å². The van der Waals surface area contributed by atoms with Crippen molar-refractivity contribution in [3.8, 4) is 0 Å². The molecule has 0 aliphatic carbocycles. The van der Waals surface area contributed by atoms with Gasteiger partial charge >= 0.3 is 0 Å². The molecular formula is C13H21NO2. The third-order valence-corrected chi connectivity index (χ3v) is 1.91. The topological polar surface area (TPSA) is 40.1 Å². The van der Waals surface area contributed by atoms with Gasteiger partial charge in [-0.05, 0) is 12.5 Å². The first-order chi connectivity index (χ1) is 7.31. The van der Waals surface area contributed by atoms with Crippen LogP contribution >= 0.6 is 0 Å². The van der Waals surface area contributed by atoms with Crippen LogP contribution in [0.2, 0.25) is 0 Å². The predicted octanol–water partition coefficient (Wildman–Crippen LogP) is 0.692. The van der Waals surface area contributed by atoms with E-state index in [1.807, 2.05) is 0 Å². The summed E-state index contributed by atoms with van der Waals surface area (Å²) in [5, 5.41) is 8.89. The van der Waals surface area contributed by atoms with Crippen LogP contribution in [0.3, 0.4) is 0 Å². The third-order valence-electron chi connectivity index (χ3n) is 1.91. The van der Waals surface area contributed by atoms with Crippen molar-refractivity contribution >= 4 is 5.97 Å². The molecule has 0 saturated carbocycles. The van der Waals surface area contributed by atoms with Gasteiger partial charge in [0.15, 0.2) is 0 Å². The maximum absolute atomic E-state index is 8.89. The van der Waals surface area contributed by atoms with E-state index < -0.39 is 5.97 Å². The third kappa shape index (κ3) is 10.7. The van der Waals surface area contributed by atoms with E-state index in [4.69, 9.17) is 9.90 Å². The number of benzene rings is 1. The summed E-state index contributed by atoms with van der Waals surface area (Å²) in [7, 11) is 6.68. The van der Waals surface area contributed by atoms with Gasteiger partial charge in [0.2, 0.25) is 0 Å². The summed E-state index contributed by atoms with van der Waals surface area (Å²) < 4.78 is 1.04. The lowest BCUT2D eigenvalue weighted by molar-refractivity contribution is -0.870. The van der Waals surface area contributed by atoms with Crippen LogP contribution in [-0.2, 0) is 11.2 Å². The number of likely N-dealkylation sites (N-methyl/N-ethyl adjacent to an activating group) is 1. The summed E-state index contributed by atoms with van der Waals surface area (Å²) in [6.07, 6.45) is 1.17. The summed E-state index contributed by atoms with van der Waals surface area (Å²) in [6.45, 7) is 2.17. The summed E-state index contributed by atoms with van der Waals surface area (Å²) in [5.74, 6) is -1.08. The Morgan fingerprint density at radius 3 is 2.00 bits per heavy atom. The Bertz CT molecular complexity index is 297. The lowest BCUT2D eigenvalue weighted by Gasteiger charge is -2.23. The first kappa shape index (κ1) is 14.6. The van der Waals surface area contributed by atoms with Crippen LogP contribution in [0.5, 0.6) is 0 Å². The van der Waals surface area contributed by atoms with Crippen molar-refractivity contribution in [3.05, 3.63) is 35.9 Å². The van der Waals surface area contributed by atoms with Crippen molar-refractivity contribution in [2.24, 2.45) is 0 Å². The molecule has 0 amide bonds. The molecule has 0 radical (unpaired) electrons. The normalized spacial score (nSPS) is 10.2. The van der Waals surface area contributed by atoms with Crippen molar-refractivity contribution in [1.29, 1.82) is 0 Å². The van der Waals surface area contributed by atoms with Gasteiger partial charge < -0.3 is 14.4 Å². The van der Waals surface area contributed by atoms with E-state index in [0.717, 1.165) is 11.4 Å². The zero-order valence-corrected chi connectivity index (χ0v) is 10.6. The Hall–Kier alpha value is -1.35. The molecule has 0 spiro atoms. The molecule has 1 rings (SSSR count). The zero-order valence-electron chi connectivity index (χ0n) is 10.6. The molecule has 0 fully saturated rings. The molecular weight excluding hydrogens is 202 g/mol. The number of aliphatic carboxylic acids is 1. The molecule has 0 aromatic heterocycles. The molecule has 0 saturated heterocycles. The van der Waals surface area contributed by atoms with Crippen molar-refractivity contribution in [2.75, 3.05) is 27.7 Å². The highest BCUT2D eigenvalue weighted by Crippen LogP contribution is 2.02. The largest absolute Gasteiger partial charge is 0.550 e. The van der Waals surface area contributed by atoms with Gasteiger partial charge in [-0.3, -0.25) is 0 Å². The maximum Gasteiger partial charge on any atom is 0.0821 e. The summed E-state index contributed by atoms with van der Waals surface area (Å²) in [5.41, 5.74) is 1.44. The van der Waals surface area contributed by atoms with Gasteiger partial charge in [-0.1, -0.05) is 30.3 Å². The lowest BCUT2D eigenvalue weighted by Crippen LogP contribution is -2.36. The Morgan fingerprint density at radius 1 is 1.19 bits per heavy atom. The molecule has 0 bridgehead atoms. The smallest absolute Gasteiger partial charge is 0.0821 e. The predicted molar refractivity (Wildman–Crippen MR) is 63.7 cm³/mol. The summed E-state index contributed by atoms with van der Waals surface area (Å²) >= 11 is 0. The Morgan fingerprint density at radius 2 is 1.62 bits per heavy atom. The molecule has 0 aliphatic heterocycles. The van der Waals surface area contributed by atoms with Crippen LogP contribution in [0.4, 0.5) is 0 Å².